The summed E-state index contributed by atoms with van der Waals surface area (Å²) < 4.78 is 16.7. The van der Waals surface area contributed by atoms with E-state index in [9.17, 15) is 4.79 Å². The fourth-order valence-corrected chi connectivity index (χ4v) is 3.86. The van der Waals surface area contributed by atoms with E-state index >= 15 is 0 Å². The number of carbonyl (C=O) groups is 1. The van der Waals surface area contributed by atoms with Gasteiger partial charge in [0.1, 0.15) is 17.6 Å². The van der Waals surface area contributed by atoms with Gasteiger partial charge in [0, 0.05) is 18.6 Å². The van der Waals surface area contributed by atoms with Crippen molar-refractivity contribution in [3.05, 3.63) is 59.2 Å². The summed E-state index contributed by atoms with van der Waals surface area (Å²) in [6.07, 6.45) is -0.146. The van der Waals surface area contributed by atoms with Crippen LogP contribution < -0.4 is 14.8 Å². The van der Waals surface area contributed by atoms with Crippen molar-refractivity contribution in [2.24, 2.45) is 5.92 Å². The van der Waals surface area contributed by atoms with Crippen molar-refractivity contribution >= 4 is 5.91 Å². The molecule has 144 valence electrons. The Labute approximate surface area is 164 Å². The van der Waals surface area contributed by atoms with E-state index in [-0.39, 0.29) is 29.9 Å². The number of fused-ring (bicyclic) bond motifs is 3. The van der Waals surface area contributed by atoms with Gasteiger partial charge in [0.2, 0.25) is 5.91 Å². The van der Waals surface area contributed by atoms with Crippen molar-refractivity contribution in [3.8, 4) is 17.6 Å². The molecule has 1 heterocycles. The van der Waals surface area contributed by atoms with Crippen molar-refractivity contribution < 1.29 is 19.0 Å². The average molecular weight is 378 g/mol. The highest BCUT2D eigenvalue weighted by Gasteiger charge is 2.62. The Hall–Kier alpha value is -3.04. The summed E-state index contributed by atoms with van der Waals surface area (Å²) in [5.74, 6) is 1.30. The lowest BCUT2D eigenvalue weighted by atomic mass is 10.0. The molecule has 3 unspecified atom stereocenters. The number of carbonyl (C=O) groups excluding carboxylic acids is 1. The van der Waals surface area contributed by atoms with Gasteiger partial charge in [0.25, 0.3) is 0 Å². The van der Waals surface area contributed by atoms with Crippen molar-refractivity contribution in [1.82, 2.24) is 5.32 Å². The van der Waals surface area contributed by atoms with E-state index in [2.05, 4.69) is 11.4 Å². The van der Waals surface area contributed by atoms with Crippen LogP contribution >= 0.6 is 0 Å². The minimum Gasteiger partial charge on any atom is -0.494 e. The van der Waals surface area contributed by atoms with Crippen molar-refractivity contribution in [1.29, 1.82) is 5.26 Å². The second-order valence-electron chi connectivity index (χ2n) is 7.02. The second-order valence-corrected chi connectivity index (χ2v) is 7.02. The zero-order valence-corrected chi connectivity index (χ0v) is 15.8. The van der Waals surface area contributed by atoms with Crippen LogP contribution in [-0.2, 0) is 9.53 Å². The van der Waals surface area contributed by atoms with Gasteiger partial charge in [-0.15, -0.1) is 0 Å². The third-order valence-electron chi connectivity index (χ3n) is 5.26. The zero-order chi connectivity index (χ0) is 19.7. The van der Waals surface area contributed by atoms with Crippen LogP contribution in [0.3, 0.4) is 0 Å². The molecule has 0 saturated heterocycles. The molecule has 1 aliphatic carbocycles. The molecule has 2 aromatic carbocycles. The van der Waals surface area contributed by atoms with E-state index in [4.69, 9.17) is 19.5 Å². The summed E-state index contributed by atoms with van der Waals surface area (Å²) in [7, 11) is 1.61. The Kier molecular flexibility index (Phi) is 4.93. The summed E-state index contributed by atoms with van der Waals surface area (Å²) in [6.45, 7) is 2.92. The Morgan fingerprint density at radius 1 is 1.29 bits per heavy atom. The highest BCUT2D eigenvalue weighted by molar-refractivity contribution is 5.86. The number of methoxy groups -OCH3 is 1. The van der Waals surface area contributed by atoms with Gasteiger partial charge in [-0.3, -0.25) is 4.79 Å². The normalized spacial score (nSPS) is 22.2. The summed E-state index contributed by atoms with van der Waals surface area (Å²) >= 11 is 0. The number of ether oxygens (including phenoxy) is 3. The molecule has 6 heteroatoms. The predicted molar refractivity (Wildman–Crippen MR) is 102 cm³/mol. The molecule has 1 saturated carbocycles. The highest BCUT2D eigenvalue weighted by atomic mass is 16.5. The van der Waals surface area contributed by atoms with E-state index in [0.717, 1.165) is 22.6 Å². The van der Waals surface area contributed by atoms with Gasteiger partial charge in [-0.2, -0.15) is 5.26 Å². The first kappa shape index (κ1) is 18.3. The number of hydrogen-bond acceptors (Lipinski definition) is 5. The molecule has 1 aliphatic heterocycles. The first-order valence-corrected chi connectivity index (χ1v) is 9.39. The molecular weight excluding hydrogens is 356 g/mol. The fraction of sp³-hybridized carbons (Fsp3) is 0.364. The summed E-state index contributed by atoms with van der Waals surface area (Å²) in [5.41, 5.74) is 2.49. The van der Waals surface area contributed by atoms with Gasteiger partial charge in [-0.1, -0.05) is 12.1 Å². The molecule has 28 heavy (non-hydrogen) atoms. The van der Waals surface area contributed by atoms with E-state index in [1.807, 2.05) is 43.3 Å². The molecular formula is C22H22N2O4. The molecule has 0 aromatic heterocycles. The number of nitriles is 1. The Morgan fingerprint density at radius 3 is 2.75 bits per heavy atom. The van der Waals surface area contributed by atoms with Crippen molar-refractivity contribution in [2.75, 3.05) is 20.3 Å². The smallest absolute Gasteiger partial charge is 0.228 e. The lowest BCUT2D eigenvalue weighted by molar-refractivity contribution is -0.124. The molecule has 1 fully saturated rings. The Morgan fingerprint density at radius 2 is 2.07 bits per heavy atom. The Bertz CT molecular complexity index is 919. The van der Waals surface area contributed by atoms with Crippen LogP contribution in [0.1, 0.15) is 35.6 Å². The Balaban J connectivity index is 1.45. The molecule has 6 nitrogen and oxygen atoms in total. The van der Waals surface area contributed by atoms with Crippen LogP contribution in [0.25, 0.3) is 0 Å². The summed E-state index contributed by atoms with van der Waals surface area (Å²) in [6, 6.07) is 14.9. The molecule has 4 rings (SSSR count). The average Bonchev–Trinajstić information content (AvgIpc) is 3.31. The molecule has 4 atom stereocenters. The zero-order valence-electron chi connectivity index (χ0n) is 15.8. The predicted octanol–water partition coefficient (Wildman–Crippen LogP) is 2.94. The summed E-state index contributed by atoms with van der Waals surface area (Å²) in [4.78, 5) is 12.9. The number of amides is 1. The number of nitrogens with zero attached hydrogens (tertiary/aromatic N) is 1. The molecule has 2 aromatic rings. The molecule has 1 amide bonds. The topological polar surface area (TPSA) is 80.6 Å². The van der Waals surface area contributed by atoms with Gasteiger partial charge in [-0.05, 0) is 42.8 Å². The van der Waals surface area contributed by atoms with E-state index < -0.39 is 0 Å². The first-order valence-electron chi connectivity index (χ1n) is 9.39. The molecule has 0 bridgehead atoms. The van der Waals surface area contributed by atoms with Crippen LogP contribution in [0.15, 0.2) is 42.5 Å². The molecule has 0 radical (unpaired) electrons. The maximum absolute atomic E-state index is 12.9. The van der Waals surface area contributed by atoms with Crippen molar-refractivity contribution in [2.45, 2.75) is 25.0 Å². The molecule has 2 aliphatic rings. The van der Waals surface area contributed by atoms with Gasteiger partial charge in [0.15, 0.2) is 0 Å². The van der Waals surface area contributed by atoms with Crippen LogP contribution in [0.2, 0.25) is 0 Å². The minimum atomic E-state index is -0.251. The fourth-order valence-electron chi connectivity index (χ4n) is 3.86. The number of hydrogen-bond donors (Lipinski definition) is 1. The quantitative estimate of drug-likeness (QED) is 0.801. The van der Waals surface area contributed by atoms with Crippen LogP contribution in [0.4, 0.5) is 0 Å². The SMILES string of the molecule is CCOc1ccc([C@H](COC)NC(=O)C2C3Oc4ccc(C#N)cc4C32)cc1. The summed E-state index contributed by atoms with van der Waals surface area (Å²) in [5, 5.41) is 12.2. The third kappa shape index (κ3) is 3.30. The van der Waals surface area contributed by atoms with E-state index in [1.165, 1.54) is 0 Å². The maximum atomic E-state index is 12.9. The van der Waals surface area contributed by atoms with Crippen LogP contribution in [0.5, 0.6) is 11.5 Å². The number of benzene rings is 2. The van der Waals surface area contributed by atoms with Gasteiger partial charge >= 0.3 is 0 Å². The van der Waals surface area contributed by atoms with Crippen LogP contribution in [-0.4, -0.2) is 32.3 Å². The van der Waals surface area contributed by atoms with E-state index in [1.54, 1.807) is 13.2 Å². The lowest BCUT2D eigenvalue weighted by Gasteiger charge is -2.19. The monoisotopic (exact) mass is 378 g/mol. The lowest BCUT2D eigenvalue weighted by Crippen LogP contribution is -2.34. The van der Waals surface area contributed by atoms with Crippen molar-refractivity contribution in [3.63, 3.8) is 0 Å². The maximum Gasteiger partial charge on any atom is 0.228 e. The third-order valence-corrected chi connectivity index (χ3v) is 5.26. The molecule has 1 N–H and O–H groups in total. The second kappa shape index (κ2) is 7.53. The van der Waals surface area contributed by atoms with E-state index in [0.29, 0.717) is 18.8 Å². The largest absolute Gasteiger partial charge is 0.494 e. The highest BCUT2D eigenvalue weighted by Crippen LogP contribution is 2.58. The van der Waals surface area contributed by atoms with Gasteiger partial charge < -0.3 is 19.5 Å². The first-order chi connectivity index (χ1) is 13.7. The molecule has 0 spiro atoms. The number of rotatable bonds is 7. The minimum absolute atomic E-state index is 0.0202. The standard InChI is InChI=1S/C22H22N2O4/c1-3-27-15-7-5-14(6-8-15)17(12-26-2)24-22(25)20-19-16-10-13(11-23)4-9-18(16)28-21(19)20/h4-10,17,19-21H,3,12H2,1-2H3,(H,24,25)/t17-,19?,20?,21?/m0/s1. The van der Waals surface area contributed by atoms with Gasteiger partial charge in [-0.25, -0.2) is 0 Å². The van der Waals surface area contributed by atoms with Crippen LogP contribution in [0, 0.1) is 17.2 Å². The van der Waals surface area contributed by atoms with Gasteiger partial charge in [0.05, 0.1) is 36.8 Å². The number of nitrogens with one attached hydrogen (secondary N) is 1.